The number of ether oxygens (including phenoxy) is 3. The van der Waals surface area contributed by atoms with Gasteiger partial charge in [0.15, 0.2) is 0 Å². The minimum Gasteiger partial charge on any atom is -0.497 e. The number of nitrogens with zero attached hydrogens (tertiary/aromatic N) is 1. The summed E-state index contributed by atoms with van der Waals surface area (Å²) in [5.41, 5.74) is 4.50. The fraction of sp³-hybridized carbons (Fsp3) is 0.286. The molecule has 0 aliphatic heterocycles. The zero-order valence-electron chi connectivity index (χ0n) is 16.7. The second kappa shape index (κ2) is 11.3. The number of hydrogen-bond acceptors (Lipinski definition) is 6. The Morgan fingerprint density at radius 2 is 1.45 bits per heavy atom. The molecule has 0 aliphatic rings. The molecule has 0 heterocycles. The van der Waals surface area contributed by atoms with E-state index in [1.165, 1.54) is 0 Å². The van der Waals surface area contributed by atoms with Crippen LogP contribution < -0.4 is 20.2 Å². The first kappa shape index (κ1) is 21.7. The van der Waals surface area contributed by atoms with Crippen LogP contribution in [0.1, 0.15) is 24.5 Å². The molecular formula is C21H25N3O5. The Hall–Kier alpha value is -3.55. The molecular weight excluding hydrogens is 374 g/mol. The molecule has 29 heavy (non-hydrogen) atoms. The highest BCUT2D eigenvalue weighted by Crippen LogP contribution is 2.12. The topological polar surface area (TPSA) is 98.2 Å². The van der Waals surface area contributed by atoms with E-state index in [-0.39, 0.29) is 18.9 Å². The third-order valence-corrected chi connectivity index (χ3v) is 3.93. The molecule has 2 aromatic rings. The van der Waals surface area contributed by atoms with E-state index in [1.54, 1.807) is 45.4 Å². The molecule has 2 aromatic carbocycles. The fourth-order valence-electron chi connectivity index (χ4n) is 2.32. The Kier molecular flexibility index (Phi) is 8.50. The average Bonchev–Trinajstić information content (AvgIpc) is 2.75. The van der Waals surface area contributed by atoms with Gasteiger partial charge in [0.25, 0.3) is 0 Å². The van der Waals surface area contributed by atoms with Gasteiger partial charge >= 0.3 is 6.09 Å². The maximum Gasteiger partial charge on any atom is 0.428 e. The molecule has 2 rings (SSSR count). The minimum absolute atomic E-state index is 0.0644. The summed E-state index contributed by atoms with van der Waals surface area (Å²) in [6.07, 6.45) is -0.631. The van der Waals surface area contributed by atoms with Crippen molar-refractivity contribution in [3.63, 3.8) is 0 Å². The largest absolute Gasteiger partial charge is 0.497 e. The summed E-state index contributed by atoms with van der Waals surface area (Å²) in [5, 5.41) is 6.67. The van der Waals surface area contributed by atoms with E-state index < -0.39 is 6.09 Å². The molecule has 8 heteroatoms. The van der Waals surface area contributed by atoms with Crippen molar-refractivity contribution in [3.05, 3.63) is 59.7 Å². The van der Waals surface area contributed by atoms with Gasteiger partial charge < -0.3 is 19.5 Å². The van der Waals surface area contributed by atoms with Crippen molar-refractivity contribution in [2.45, 2.75) is 26.5 Å². The van der Waals surface area contributed by atoms with Crippen LogP contribution in [0.2, 0.25) is 0 Å². The van der Waals surface area contributed by atoms with E-state index in [9.17, 15) is 9.59 Å². The van der Waals surface area contributed by atoms with Gasteiger partial charge in [0.1, 0.15) is 18.1 Å². The molecule has 0 fully saturated rings. The molecule has 8 nitrogen and oxygen atoms in total. The number of carbonyl (C=O) groups excluding carboxylic acids is 2. The first-order chi connectivity index (χ1) is 14.0. The Balaban J connectivity index is 1.69. The minimum atomic E-state index is -0.696. The van der Waals surface area contributed by atoms with Crippen molar-refractivity contribution in [3.8, 4) is 11.5 Å². The van der Waals surface area contributed by atoms with E-state index in [1.807, 2.05) is 24.3 Å². The smallest absolute Gasteiger partial charge is 0.428 e. The summed E-state index contributed by atoms with van der Waals surface area (Å²) < 4.78 is 15.2. The van der Waals surface area contributed by atoms with Gasteiger partial charge in [-0.05, 0) is 42.3 Å². The van der Waals surface area contributed by atoms with Gasteiger partial charge in [-0.15, -0.1) is 0 Å². The van der Waals surface area contributed by atoms with E-state index >= 15 is 0 Å². The SMILES string of the molecule is COc1ccc(CNC(=O)C/C(C)=N\NC(=O)OCc2ccc(OC)cc2)cc1. The number of carbonyl (C=O) groups is 2. The number of methoxy groups -OCH3 is 2. The van der Waals surface area contributed by atoms with Crippen molar-refractivity contribution >= 4 is 17.7 Å². The molecule has 0 aliphatic carbocycles. The fourth-order valence-corrected chi connectivity index (χ4v) is 2.32. The van der Waals surface area contributed by atoms with Crippen LogP contribution in [0, 0.1) is 0 Å². The summed E-state index contributed by atoms with van der Waals surface area (Å²) in [7, 11) is 3.18. The van der Waals surface area contributed by atoms with Gasteiger partial charge in [0.05, 0.1) is 20.6 Å². The Bertz CT molecular complexity index is 832. The molecule has 0 spiro atoms. The third kappa shape index (κ3) is 7.92. The maximum absolute atomic E-state index is 12.0. The van der Waals surface area contributed by atoms with Gasteiger partial charge in [0.2, 0.25) is 5.91 Å². The van der Waals surface area contributed by atoms with Gasteiger partial charge in [0, 0.05) is 12.3 Å². The molecule has 0 unspecified atom stereocenters. The van der Waals surface area contributed by atoms with Crippen LogP contribution in [-0.4, -0.2) is 31.9 Å². The molecule has 2 N–H and O–H groups in total. The molecule has 2 amide bonds. The molecule has 0 saturated heterocycles. The number of rotatable bonds is 9. The van der Waals surface area contributed by atoms with Crippen LogP contribution in [0.5, 0.6) is 11.5 Å². The van der Waals surface area contributed by atoms with Gasteiger partial charge in [-0.25, -0.2) is 10.2 Å². The number of hydrazone groups is 1. The van der Waals surface area contributed by atoms with Crippen LogP contribution in [0.4, 0.5) is 4.79 Å². The van der Waals surface area contributed by atoms with Crippen molar-refractivity contribution in [2.75, 3.05) is 14.2 Å². The van der Waals surface area contributed by atoms with Crippen LogP contribution in [0.3, 0.4) is 0 Å². The maximum atomic E-state index is 12.0. The summed E-state index contributed by atoms with van der Waals surface area (Å²) >= 11 is 0. The lowest BCUT2D eigenvalue weighted by atomic mass is 10.2. The number of benzene rings is 2. The van der Waals surface area contributed by atoms with Crippen molar-refractivity contribution in [1.29, 1.82) is 0 Å². The van der Waals surface area contributed by atoms with Crippen LogP contribution in [-0.2, 0) is 22.7 Å². The summed E-state index contributed by atoms with van der Waals surface area (Å²) in [6.45, 7) is 2.15. The third-order valence-electron chi connectivity index (χ3n) is 3.93. The molecule has 0 saturated carbocycles. The zero-order valence-corrected chi connectivity index (χ0v) is 16.7. The second-order valence-electron chi connectivity index (χ2n) is 6.18. The molecule has 0 bridgehead atoms. The van der Waals surface area contributed by atoms with E-state index in [4.69, 9.17) is 14.2 Å². The second-order valence-corrected chi connectivity index (χ2v) is 6.18. The average molecular weight is 399 g/mol. The van der Waals surface area contributed by atoms with Crippen molar-refractivity contribution in [2.24, 2.45) is 5.10 Å². The Labute approximate surface area is 169 Å². The van der Waals surface area contributed by atoms with Gasteiger partial charge in [-0.2, -0.15) is 5.10 Å². The molecule has 154 valence electrons. The van der Waals surface area contributed by atoms with Crippen LogP contribution >= 0.6 is 0 Å². The highest BCUT2D eigenvalue weighted by Gasteiger charge is 2.06. The predicted octanol–water partition coefficient (Wildman–Crippen LogP) is 3.01. The summed E-state index contributed by atoms with van der Waals surface area (Å²) in [5.74, 6) is 1.28. The van der Waals surface area contributed by atoms with E-state index in [2.05, 4.69) is 15.8 Å². The molecule has 0 radical (unpaired) electrons. The highest BCUT2D eigenvalue weighted by molar-refractivity contribution is 5.99. The van der Waals surface area contributed by atoms with Crippen LogP contribution in [0.25, 0.3) is 0 Å². The lowest BCUT2D eigenvalue weighted by Gasteiger charge is -2.07. The van der Waals surface area contributed by atoms with E-state index in [0.717, 1.165) is 22.6 Å². The van der Waals surface area contributed by atoms with Crippen LogP contribution in [0.15, 0.2) is 53.6 Å². The quantitative estimate of drug-likeness (QED) is 0.499. The monoisotopic (exact) mass is 399 g/mol. The Morgan fingerprint density at radius 3 is 2.00 bits per heavy atom. The lowest BCUT2D eigenvalue weighted by Crippen LogP contribution is -2.26. The van der Waals surface area contributed by atoms with E-state index in [0.29, 0.717) is 12.3 Å². The lowest BCUT2D eigenvalue weighted by molar-refractivity contribution is -0.120. The van der Waals surface area contributed by atoms with Crippen molar-refractivity contribution in [1.82, 2.24) is 10.7 Å². The van der Waals surface area contributed by atoms with Gasteiger partial charge in [-0.3, -0.25) is 4.79 Å². The number of hydrogen-bond donors (Lipinski definition) is 2. The standard InChI is InChI=1S/C21H25N3O5/c1-15(12-20(25)22-13-16-4-8-18(27-2)9-5-16)23-24-21(26)29-14-17-6-10-19(28-3)11-7-17/h4-11H,12-14H2,1-3H3,(H,22,25)(H,24,26)/b23-15-. The predicted molar refractivity (Wildman–Crippen MR) is 109 cm³/mol. The van der Waals surface area contributed by atoms with Crippen molar-refractivity contribution < 1.29 is 23.8 Å². The number of nitrogens with one attached hydrogen (secondary N) is 2. The molecule has 0 atom stereocenters. The summed E-state index contributed by atoms with van der Waals surface area (Å²) in [4.78, 5) is 23.7. The first-order valence-corrected chi connectivity index (χ1v) is 8.98. The number of amides is 2. The normalized spacial score (nSPS) is 10.8. The first-order valence-electron chi connectivity index (χ1n) is 8.98. The zero-order chi connectivity index (χ0) is 21.1. The van der Waals surface area contributed by atoms with Gasteiger partial charge in [-0.1, -0.05) is 24.3 Å². The highest BCUT2D eigenvalue weighted by atomic mass is 16.6. The molecule has 0 aromatic heterocycles. The summed E-state index contributed by atoms with van der Waals surface area (Å²) in [6, 6.07) is 14.6. The Morgan fingerprint density at radius 1 is 0.897 bits per heavy atom.